The molecule has 1 atom stereocenters. The van der Waals surface area contributed by atoms with Crippen LogP contribution in [-0.2, 0) is 4.79 Å². The molecule has 0 radical (unpaired) electrons. The Morgan fingerprint density at radius 1 is 1.36 bits per heavy atom. The molecule has 0 saturated heterocycles. The molecule has 3 N–H and O–H groups in total. The van der Waals surface area contributed by atoms with Crippen LogP contribution in [0.15, 0.2) is 30.3 Å². The Hall–Kier alpha value is -2.14. The van der Waals surface area contributed by atoms with Gasteiger partial charge in [0.15, 0.2) is 0 Å². The normalized spacial score (nSPS) is 13.7. The van der Waals surface area contributed by atoms with Crippen LogP contribution in [-0.4, -0.2) is 21.2 Å². The molecule has 0 aliphatic carbocycles. The van der Waals surface area contributed by atoms with Crippen LogP contribution < -0.4 is 11.1 Å². The van der Waals surface area contributed by atoms with E-state index in [0.29, 0.717) is 6.42 Å². The summed E-state index contributed by atoms with van der Waals surface area (Å²) < 4.78 is 1.86. The summed E-state index contributed by atoms with van der Waals surface area (Å²) in [7, 11) is 0. The number of nitrogens with two attached hydrogens (primary N) is 1. The zero-order chi connectivity index (χ0) is 16.3. The van der Waals surface area contributed by atoms with E-state index < -0.39 is 5.54 Å². The molecule has 1 aromatic heterocycles. The predicted molar refractivity (Wildman–Crippen MR) is 89.2 cm³/mol. The first kappa shape index (κ1) is 16.2. The number of benzene rings is 1. The molecule has 22 heavy (non-hydrogen) atoms. The average molecular weight is 300 g/mol. The molecule has 5 nitrogen and oxygen atoms in total. The fourth-order valence-corrected chi connectivity index (χ4v) is 2.51. The molecular weight excluding hydrogens is 276 g/mol. The minimum Gasteiger partial charge on any atom is -0.324 e. The number of hydrogen-bond donors (Lipinski definition) is 2. The number of amides is 1. The molecule has 2 rings (SSSR count). The van der Waals surface area contributed by atoms with Crippen molar-refractivity contribution in [2.45, 2.75) is 46.1 Å². The molecule has 1 unspecified atom stereocenters. The third-order valence-electron chi connectivity index (χ3n) is 3.65. The van der Waals surface area contributed by atoms with E-state index >= 15 is 0 Å². The van der Waals surface area contributed by atoms with Crippen molar-refractivity contribution >= 4 is 11.6 Å². The highest BCUT2D eigenvalue weighted by Gasteiger charge is 2.27. The van der Waals surface area contributed by atoms with Gasteiger partial charge in [-0.05, 0) is 51.5 Å². The fraction of sp³-hybridized carbons (Fsp3) is 0.412. The van der Waals surface area contributed by atoms with Crippen LogP contribution in [0.4, 0.5) is 5.69 Å². The number of rotatable bonds is 5. The van der Waals surface area contributed by atoms with Crippen LogP contribution in [0.3, 0.4) is 0 Å². The fourth-order valence-electron chi connectivity index (χ4n) is 2.51. The van der Waals surface area contributed by atoms with E-state index in [4.69, 9.17) is 5.73 Å². The number of nitrogens with zero attached hydrogens (tertiary/aromatic N) is 2. The van der Waals surface area contributed by atoms with Crippen LogP contribution in [0.5, 0.6) is 0 Å². The second kappa shape index (κ2) is 6.32. The number of nitrogens with one attached hydrogen (secondary N) is 1. The lowest BCUT2D eigenvalue weighted by atomic mass is 9.96. The molecule has 0 saturated carbocycles. The lowest BCUT2D eigenvalue weighted by molar-refractivity contribution is -0.120. The number of aryl methyl sites for hydroxylation is 2. The summed E-state index contributed by atoms with van der Waals surface area (Å²) in [6, 6.07) is 9.63. The number of carbonyl (C=O) groups is 1. The highest BCUT2D eigenvalue weighted by atomic mass is 16.2. The zero-order valence-electron chi connectivity index (χ0n) is 13.7. The predicted octanol–water partition coefficient (Wildman–Crippen LogP) is 2.95. The van der Waals surface area contributed by atoms with Gasteiger partial charge in [-0.15, -0.1) is 0 Å². The maximum absolute atomic E-state index is 12.3. The largest absolute Gasteiger partial charge is 0.324 e. The molecule has 0 aliphatic heterocycles. The molecule has 0 aliphatic rings. The summed E-state index contributed by atoms with van der Waals surface area (Å²) in [5.74, 6) is -0.167. The van der Waals surface area contributed by atoms with E-state index in [-0.39, 0.29) is 5.91 Å². The summed E-state index contributed by atoms with van der Waals surface area (Å²) in [5, 5.41) is 7.36. The van der Waals surface area contributed by atoms with Crippen molar-refractivity contribution in [3.63, 3.8) is 0 Å². The van der Waals surface area contributed by atoms with E-state index in [1.807, 2.05) is 55.8 Å². The van der Waals surface area contributed by atoms with E-state index in [1.54, 1.807) is 6.92 Å². The van der Waals surface area contributed by atoms with Gasteiger partial charge in [0, 0.05) is 11.4 Å². The summed E-state index contributed by atoms with van der Waals surface area (Å²) >= 11 is 0. The van der Waals surface area contributed by atoms with Gasteiger partial charge in [-0.1, -0.05) is 19.4 Å². The number of carbonyl (C=O) groups excluding carboxylic acids is 1. The van der Waals surface area contributed by atoms with Crippen molar-refractivity contribution in [2.75, 3.05) is 5.32 Å². The Morgan fingerprint density at radius 2 is 2.09 bits per heavy atom. The first-order valence-corrected chi connectivity index (χ1v) is 7.57. The maximum Gasteiger partial charge on any atom is 0.244 e. The van der Waals surface area contributed by atoms with Crippen molar-refractivity contribution in [2.24, 2.45) is 5.73 Å². The highest BCUT2D eigenvalue weighted by Crippen LogP contribution is 2.18. The van der Waals surface area contributed by atoms with Crippen LogP contribution in [0.1, 0.15) is 38.1 Å². The Morgan fingerprint density at radius 3 is 2.68 bits per heavy atom. The summed E-state index contributed by atoms with van der Waals surface area (Å²) in [5.41, 5.74) is 8.86. The second-order valence-corrected chi connectivity index (χ2v) is 6.01. The van der Waals surface area contributed by atoms with Gasteiger partial charge < -0.3 is 11.1 Å². The molecule has 118 valence electrons. The van der Waals surface area contributed by atoms with Gasteiger partial charge in [0.25, 0.3) is 0 Å². The van der Waals surface area contributed by atoms with Gasteiger partial charge in [-0.3, -0.25) is 4.79 Å². The molecular formula is C17H24N4O. The Bertz CT molecular complexity index is 673. The number of aromatic nitrogens is 2. The Labute approximate surface area is 131 Å². The van der Waals surface area contributed by atoms with Gasteiger partial charge in [-0.2, -0.15) is 5.10 Å². The van der Waals surface area contributed by atoms with Crippen LogP contribution in [0.25, 0.3) is 5.69 Å². The minimum atomic E-state index is -0.858. The SMILES string of the molecule is CCCC(C)(N)C(=O)Nc1cccc(-n2nc(C)cc2C)c1. The average Bonchev–Trinajstić information content (AvgIpc) is 2.78. The smallest absolute Gasteiger partial charge is 0.244 e. The van der Waals surface area contributed by atoms with E-state index in [1.165, 1.54) is 0 Å². The van der Waals surface area contributed by atoms with Gasteiger partial charge in [0.05, 0.1) is 16.9 Å². The van der Waals surface area contributed by atoms with E-state index in [0.717, 1.165) is 29.2 Å². The molecule has 1 aromatic carbocycles. The first-order chi connectivity index (χ1) is 10.3. The lowest BCUT2D eigenvalue weighted by Crippen LogP contribution is -2.48. The molecule has 5 heteroatoms. The quantitative estimate of drug-likeness (QED) is 0.891. The molecule has 0 bridgehead atoms. The second-order valence-electron chi connectivity index (χ2n) is 6.01. The first-order valence-electron chi connectivity index (χ1n) is 7.57. The van der Waals surface area contributed by atoms with Crippen LogP contribution >= 0.6 is 0 Å². The molecule has 0 spiro atoms. The van der Waals surface area contributed by atoms with Crippen LogP contribution in [0.2, 0.25) is 0 Å². The standard InChI is InChI=1S/C17H24N4O/c1-5-9-17(4,18)16(22)19-14-7-6-8-15(11-14)21-13(3)10-12(2)20-21/h6-8,10-11H,5,9,18H2,1-4H3,(H,19,22). The van der Waals surface area contributed by atoms with Crippen LogP contribution in [0, 0.1) is 13.8 Å². The van der Waals surface area contributed by atoms with E-state index in [9.17, 15) is 4.79 Å². The highest BCUT2D eigenvalue weighted by molar-refractivity contribution is 5.97. The summed E-state index contributed by atoms with van der Waals surface area (Å²) in [6.07, 6.45) is 1.52. The van der Waals surface area contributed by atoms with Crippen molar-refractivity contribution in [1.82, 2.24) is 9.78 Å². The van der Waals surface area contributed by atoms with Gasteiger partial charge in [0.2, 0.25) is 5.91 Å². The van der Waals surface area contributed by atoms with E-state index in [2.05, 4.69) is 10.4 Å². The van der Waals surface area contributed by atoms with Crippen molar-refractivity contribution < 1.29 is 4.79 Å². The summed E-state index contributed by atoms with van der Waals surface area (Å²) in [4.78, 5) is 12.3. The van der Waals surface area contributed by atoms with Gasteiger partial charge in [-0.25, -0.2) is 4.68 Å². The summed E-state index contributed by atoms with van der Waals surface area (Å²) in [6.45, 7) is 7.74. The van der Waals surface area contributed by atoms with Crippen molar-refractivity contribution in [3.05, 3.63) is 41.7 Å². The number of anilines is 1. The molecule has 1 amide bonds. The lowest BCUT2D eigenvalue weighted by Gasteiger charge is -2.23. The molecule has 1 heterocycles. The molecule has 0 fully saturated rings. The zero-order valence-corrected chi connectivity index (χ0v) is 13.7. The number of hydrogen-bond acceptors (Lipinski definition) is 3. The van der Waals surface area contributed by atoms with Crippen molar-refractivity contribution in [3.8, 4) is 5.69 Å². The topological polar surface area (TPSA) is 72.9 Å². The monoisotopic (exact) mass is 300 g/mol. The Balaban J connectivity index is 2.22. The van der Waals surface area contributed by atoms with Gasteiger partial charge in [0.1, 0.15) is 0 Å². The third-order valence-corrected chi connectivity index (χ3v) is 3.65. The third kappa shape index (κ3) is 3.54. The van der Waals surface area contributed by atoms with Gasteiger partial charge >= 0.3 is 0 Å². The Kier molecular flexibility index (Phi) is 4.66. The van der Waals surface area contributed by atoms with Crippen molar-refractivity contribution in [1.29, 1.82) is 0 Å². The maximum atomic E-state index is 12.3. The minimum absolute atomic E-state index is 0.167. The molecule has 2 aromatic rings.